The summed E-state index contributed by atoms with van der Waals surface area (Å²) in [6.45, 7) is 2.01. The molecule has 0 radical (unpaired) electrons. The van der Waals surface area contributed by atoms with Gasteiger partial charge in [-0.1, -0.05) is 84.1 Å². The average Bonchev–Trinajstić information content (AvgIpc) is 3.43. The predicted octanol–water partition coefficient (Wildman–Crippen LogP) is 5.51. The van der Waals surface area contributed by atoms with Crippen LogP contribution in [0.1, 0.15) is 17.6 Å². The van der Waals surface area contributed by atoms with Crippen molar-refractivity contribution in [1.29, 1.82) is 0 Å². The average molecular weight is 480 g/mol. The van der Waals surface area contributed by atoms with Crippen LogP contribution >= 0.6 is 34.7 Å². The number of thioether (sulfide) groups is 1. The zero-order valence-electron chi connectivity index (χ0n) is 17.1. The van der Waals surface area contributed by atoms with Crippen LogP contribution in [0, 0.1) is 0 Å². The van der Waals surface area contributed by atoms with Crippen molar-refractivity contribution in [2.75, 3.05) is 0 Å². The topological polar surface area (TPSA) is 65.1 Å². The monoisotopic (exact) mass is 479 g/mol. The van der Waals surface area contributed by atoms with Crippen LogP contribution in [0.2, 0.25) is 5.02 Å². The summed E-state index contributed by atoms with van der Waals surface area (Å²) in [7, 11) is 0. The molecule has 5 aromatic rings. The van der Waals surface area contributed by atoms with Crippen molar-refractivity contribution in [3.05, 3.63) is 92.9 Å². The van der Waals surface area contributed by atoms with E-state index in [1.807, 2.05) is 67.7 Å². The minimum atomic E-state index is -0.166. The van der Waals surface area contributed by atoms with Crippen molar-refractivity contribution < 1.29 is 0 Å². The second-order valence-corrected chi connectivity index (χ2v) is 9.39. The van der Waals surface area contributed by atoms with E-state index in [4.69, 9.17) is 11.6 Å². The van der Waals surface area contributed by atoms with Gasteiger partial charge in [0.1, 0.15) is 5.01 Å². The number of fused-ring (bicyclic) bond motifs is 1. The SMILES string of the molecule is CCc1nn2c(=O)cc(CSc3ncc(-c4ccccc4)n3-c3ccccc3Cl)nc2s1. The Hall–Kier alpha value is -2.94. The molecule has 3 heterocycles. The van der Waals surface area contributed by atoms with Crippen LogP contribution in [0.25, 0.3) is 21.9 Å². The highest BCUT2D eigenvalue weighted by atomic mass is 35.5. The summed E-state index contributed by atoms with van der Waals surface area (Å²) in [5.74, 6) is 0.501. The third kappa shape index (κ3) is 3.97. The molecule has 0 spiro atoms. The Morgan fingerprint density at radius 2 is 1.88 bits per heavy atom. The molecule has 5 rings (SSSR count). The molecule has 2 aromatic carbocycles. The first-order valence-corrected chi connectivity index (χ1v) is 12.2. The standard InChI is InChI=1S/C23H18ClN5OS2/c1-2-20-27-29-21(30)12-16(26-23(29)32-20)14-31-22-25-13-19(15-8-4-3-5-9-15)28(22)18-11-7-6-10-17(18)24/h3-13H,2,14H2,1H3. The van der Waals surface area contributed by atoms with E-state index in [1.54, 1.807) is 6.07 Å². The molecule has 6 nitrogen and oxygen atoms in total. The molecule has 0 aliphatic rings. The van der Waals surface area contributed by atoms with Gasteiger partial charge in [0.15, 0.2) is 5.16 Å². The maximum Gasteiger partial charge on any atom is 0.275 e. The summed E-state index contributed by atoms with van der Waals surface area (Å²) in [6.07, 6.45) is 2.62. The molecular weight excluding hydrogens is 462 g/mol. The third-order valence-corrected chi connectivity index (χ3v) is 7.24. The first-order chi connectivity index (χ1) is 15.6. The Kier molecular flexibility index (Phi) is 5.82. The van der Waals surface area contributed by atoms with Gasteiger partial charge in [-0.3, -0.25) is 9.36 Å². The van der Waals surface area contributed by atoms with Gasteiger partial charge in [0, 0.05) is 17.4 Å². The highest BCUT2D eigenvalue weighted by molar-refractivity contribution is 7.98. The van der Waals surface area contributed by atoms with E-state index in [2.05, 4.69) is 19.6 Å². The summed E-state index contributed by atoms with van der Waals surface area (Å²) in [6, 6.07) is 19.3. The number of hydrogen-bond donors (Lipinski definition) is 0. The van der Waals surface area contributed by atoms with Crippen LogP contribution in [-0.4, -0.2) is 24.1 Å². The Bertz CT molecular complexity index is 1460. The lowest BCUT2D eigenvalue weighted by Gasteiger charge is -2.13. The van der Waals surface area contributed by atoms with E-state index in [9.17, 15) is 4.79 Å². The van der Waals surface area contributed by atoms with E-state index in [1.165, 1.54) is 27.6 Å². The molecule has 9 heteroatoms. The van der Waals surface area contributed by atoms with Gasteiger partial charge in [0.05, 0.1) is 28.3 Å². The fourth-order valence-electron chi connectivity index (χ4n) is 3.37. The highest BCUT2D eigenvalue weighted by Crippen LogP contribution is 2.33. The van der Waals surface area contributed by atoms with Gasteiger partial charge in [-0.15, -0.1) is 0 Å². The minimum absolute atomic E-state index is 0.166. The van der Waals surface area contributed by atoms with Crippen molar-refractivity contribution in [2.45, 2.75) is 24.3 Å². The van der Waals surface area contributed by atoms with Crippen molar-refractivity contribution >= 4 is 39.7 Å². The highest BCUT2D eigenvalue weighted by Gasteiger charge is 2.17. The van der Waals surface area contributed by atoms with Gasteiger partial charge in [-0.2, -0.15) is 9.61 Å². The maximum absolute atomic E-state index is 12.5. The summed E-state index contributed by atoms with van der Waals surface area (Å²) >= 11 is 9.51. The number of aromatic nitrogens is 5. The molecule has 0 unspecified atom stereocenters. The van der Waals surface area contributed by atoms with Crippen LogP contribution in [0.4, 0.5) is 0 Å². The van der Waals surface area contributed by atoms with E-state index < -0.39 is 0 Å². The number of para-hydroxylation sites is 1. The van der Waals surface area contributed by atoms with Gasteiger partial charge in [-0.25, -0.2) is 9.97 Å². The van der Waals surface area contributed by atoms with Crippen LogP contribution < -0.4 is 5.56 Å². The smallest absolute Gasteiger partial charge is 0.275 e. The number of rotatable bonds is 6. The van der Waals surface area contributed by atoms with Crippen LogP contribution in [0.15, 0.2) is 76.8 Å². The number of aryl methyl sites for hydroxylation is 1. The molecule has 0 fully saturated rings. The zero-order valence-corrected chi connectivity index (χ0v) is 19.5. The summed E-state index contributed by atoms with van der Waals surface area (Å²) in [5, 5.41) is 6.62. The normalized spacial score (nSPS) is 11.3. The Balaban J connectivity index is 1.53. The Labute approximate surface area is 197 Å². The fraction of sp³-hybridized carbons (Fsp3) is 0.130. The first kappa shape index (κ1) is 20.9. The third-order valence-electron chi connectivity index (χ3n) is 4.88. The molecule has 0 bridgehead atoms. The summed E-state index contributed by atoms with van der Waals surface area (Å²) < 4.78 is 3.42. The van der Waals surface area contributed by atoms with E-state index >= 15 is 0 Å². The van der Waals surface area contributed by atoms with Crippen molar-refractivity contribution in [1.82, 2.24) is 24.1 Å². The van der Waals surface area contributed by atoms with E-state index in [0.29, 0.717) is 21.4 Å². The molecule has 0 aliphatic carbocycles. The van der Waals surface area contributed by atoms with Crippen LogP contribution in [0.3, 0.4) is 0 Å². The molecule has 0 saturated heterocycles. The number of hydrogen-bond acceptors (Lipinski definition) is 6. The molecule has 0 amide bonds. The first-order valence-electron chi connectivity index (χ1n) is 10.0. The molecule has 0 saturated carbocycles. The fourth-order valence-corrected chi connectivity index (χ4v) is 5.32. The molecule has 0 N–H and O–H groups in total. The summed E-state index contributed by atoms with van der Waals surface area (Å²) in [4.78, 5) is 22.4. The van der Waals surface area contributed by atoms with Gasteiger partial charge < -0.3 is 0 Å². The Morgan fingerprint density at radius 1 is 1.09 bits per heavy atom. The molecule has 32 heavy (non-hydrogen) atoms. The van der Waals surface area contributed by atoms with Gasteiger partial charge in [-0.05, 0) is 18.6 Å². The molecular formula is C23H18ClN5OS2. The lowest BCUT2D eigenvalue weighted by Crippen LogP contribution is -2.15. The maximum atomic E-state index is 12.5. The van der Waals surface area contributed by atoms with Crippen LogP contribution in [0.5, 0.6) is 0 Å². The predicted molar refractivity (Wildman–Crippen MR) is 130 cm³/mol. The van der Waals surface area contributed by atoms with Crippen molar-refractivity contribution in [3.63, 3.8) is 0 Å². The molecule has 160 valence electrons. The lowest BCUT2D eigenvalue weighted by atomic mass is 10.1. The number of benzene rings is 2. The van der Waals surface area contributed by atoms with E-state index in [0.717, 1.165) is 33.5 Å². The van der Waals surface area contributed by atoms with Crippen molar-refractivity contribution in [2.24, 2.45) is 0 Å². The second kappa shape index (κ2) is 8.90. The van der Waals surface area contributed by atoms with Gasteiger partial charge in [0.2, 0.25) is 4.96 Å². The molecule has 3 aromatic heterocycles. The van der Waals surface area contributed by atoms with Gasteiger partial charge in [0.25, 0.3) is 5.56 Å². The van der Waals surface area contributed by atoms with Gasteiger partial charge >= 0.3 is 0 Å². The summed E-state index contributed by atoms with van der Waals surface area (Å²) in [5.41, 5.74) is 3.37. The number of imidazole rings is 1. The second-order valence-electron chi connectivity index (χ2n) is 7.00. The zero-order chi connectivity index (χ0) is 22.1. The number of halogens is 1. The minimum Gasteiger partial charge on any atom is -0.286 e. The molecule has 0 aliphatic heterocycles. The largest absolute Gasteiger partial charge is 0.286 e. The number of nitrogens with zero attached hydrogens (tertiary/aromatic N) is 5. The Morgan fingerprint density at radius 3 is 2.66 bits per heavy atom. The van der Waals surface area contributed by atoms with E-state index in [-0.39, 0.29) is 5.56 Å². The lowest BCUT2D eigenvalue weighted by molar-refractivity contribution is 0.851. The van der Waals surface area contributed by atoms with Crippen LogP contribution in [-0.2, 0) is 12.2 Å². The van der Waals surface area contributed by atoms with Crippen molar-refractivity contribution in [3.8, 4) is 16.9 Å². The quantitative estimate of drug-likeness (QED) is 0.300. The molecule has 0 atom stereocenters.